The topological polar surface area (TPSA) is 40.6 Å². The Morgan fingerprint density at radius 1 is 0.828 bits per heavy atom. The number of hydrogen-bond donors (Lipinski definition) is 0. The van der Waals surface area contributed by atoms with Crippen LogP contribution >= 0.6 is 11.6 Å². The molecule has 4 rings (SSSR count). The van der Waals surface area contributed by atoms with Crippen LogP contribution in [-0.2, 0) is 9.59 Å². The zero-order chi connectivity index (χ0) is 20.5. The number of aryl methyl sites for hydroxylation is 2. The molecule has 1 unspecified atom stereocenters. The minimum absolute atomic E-state index is 0.00665. The summed E-state index contributed by atoms with van der Waals surface area (Å²) in [6.07, 6.45) is 0. The lowest BCUT2D eigenvalue weighted by Crippen LogP contribution is -2.56. The van der Waals surface area contributed by atoms with E-state index in [9.17, 15) is 9.59 Å². The summed E-state index contributed by atoms with van der Waals surface area (Å²) in [5, 5.41) is 0.581. The van der Waals surface area contributed by atoms with Gasteiger partial charge in [0.25, 0.3) is 5.91 Å². The summed E-state index contributed by atoms with van der Waals surface area (Å²) < 4.78 is 0. The Labute approximate surface area is 175 Å². The lowest BCUT2D eigenvalue weighted by Gasteiger charge is -2.40. The van der Waals surface area contributed by atoms with E-state index in [0.717, 1.165) is 22.4 Å². The number of halogens is 1. The fourth-order valence-electron chi connectivity index (χ4n) is 3.63. The number of benzene rings is 3. The number of rotatable bonds is 3. The van der Waals surface area contributed by atoms with E-state index in [1.807, 2.05) is 62.4 Å². The maximum absolute atomic E-state index is 13.6. The van der Waals surface area contributed by atoms with Gasteiger partial charge in [0, 0.05) is 16.4 Å². The van der Waals surface area contributed by atoms with Gasteiger partial charge in [0.05, 0.1) is 0 Å². The second kappa shape index (κ2) is 7.72. The molecule has 4 nitrogen and oxygen atoms in total. The molecule has 1 atom stereocenters. The van der Waals surface area contributed by atoms with Crippen molar-refractivity contribution in [3.8, 4) is 0 Å². The predicted molar refractivity (Wildman–Crippen MR) is 116 cm³/mol. The quantitative estimate of drug-likeness (QED) is 0.610. The molecular formula is C24H21ClN2O2. The van der Waals surface area contributed by atoms with E-state index in [1.165, 1.54) is 0 Å². The molecule has 5 heteroatoms. The van der Waals surface area contributed by atoms with Crippen LogP contribution in [0.15, 0.2) is 72.8 Å². The van der Waals surface area contributed by atoms with Crippen LogP contribution in [0.4, 0.5) is 11.4 Å². The zero-order valence-corrected chi connectivity index (χ0v) is 17.1. The molecule has 1 aliphatic rings. The third kappa shape index (κ3) is 3.64. The molecular weight excluding hydrogens is 384 g/mol. The van der Waals surface area contributed by atoms with Crippen molar-refractivity contribution in [3.05, 3.63) is 94.5 Å². The largest absolute Gasteiger partial charge is 0.301 e. The van der Waals surface area contributed by atoms with Gasteiger partial charge in [-0.15, -0.1) is 0 Å². The van der Waals surface area contributed by atoms with E-state index in [2.05, 4.69) is 0 Å². The standard InChI is InChI=1S/C24H21ClN2O2/c1-16-8-11-21(14-17(16)2)26-15-22(28)27(20-12-9-19(25)10-13-20)23(24(26)29)18-6-4-3-5-7-18/h3-14,23H,15H2,1-2H3. The molecule has 0 N–H and O–H groups in total. The van der Waals surface area contributed by atoms with Crippen molar-refractivity contribution >= 4 is 34.8 Å². The predicted octanol–water partition coefficient (Wildman–Crippen LogP) is 5.08. The minimum atomic E-state index is -0.736. The highest BCUT2D eigenvalue weighted by molar-refractivity contribution is 6.30. The minimum Gasteiger partial charge on any atom is -0.301 e. The van der Waals surface area contributed by atoms with Crippen LogP contribution in [0.25, 0.3) is 0 Å². The van der Waals surface area contributed by atoms with Gasteiger partial charge in [0.1, 0.15) is 12.6 Å². The summed E-state index contributed by atoms with van der Waals surface area (Å²) in [5.74, 6) is -0.270. The first-order valence-corrected chi connectivity index (χ1v) is 9.85. The number of piperazine rings is 1. The van der Waals surface area contributed by atoms with E-state index in [-0.39, 0.29) is 18.4 Å². The zero-order valence-electron chi connectivity index (χ0n) is 16.3. The second-order valence-corrected chi connectivity index (χ2v) is 7.68. The van der Waals surface area contributed by atoms with Crippen molar-refractivity contribution in [3.63, 3.8) is 0 Å². The van der Waals surface area contributed by atoms with Gasteiger partial charge >= 0.3 is 0 Å². The lowest BCUT2D eigenvalue weighted by molar-refractivity contribution is -0.128. The summed E-state index contributed by atoms with van der Waals surface area (Å²) in [6, 6.07) is 21.5. The highest BCUT2D eigenvalue weighted by atomic mass is 35.5. The molecule has 3 aromatic rings. The molecule has 0 aliphatic carbocycles. The second-order valence-electron chi connectivity index (χ2n) is 7.25. The van der Waals surface area contributed by atoms with Crippen LogP contribution in [0, 0.1) is 13.8 Å². The molecule has 1 heterocycles. The Hall–Kier alpha value is -3.11. The lowest BCUT2D eigenvalue weighted by atomic mass is 9.99. The molecule has 146 valence electrons. The van der Waals surface area contributed by atoms with Gasteiger partial charge in [0.15, 0.2) is 0 Å². The van der Waals surface area contributed by atoms with Gasteiger partial charge in [-0.1, -0.05) is 48.0 Å². The number of anilines is 2. The highest BCUT2D eigenvalue weighted by Gasteiger charge is 2.41. The van der Waals surface area contributed by atoms with Crippen molar-refractivity contribution < 1.29 is 9.59 Å². The summed E-state index contributed by atoms with van der Waals surface area (Å²) in [4.78, 5) is 30.0. The molecule has 2 amide bonds. The van der Waals surface area contributed by atoms with E-state index in [1.54, 1.807) is 34.1 Å². The number of hydrogen-bond acceptors (Lipinski definition) is 2. The Morgan fingerprint density at radius 2 is 1.48 bits per heavy atom. The molecule has 29 heavy (non-hydrogen) atoms. The maximum atomic E-state index is 13.6. The summed E-state index contributed by atoms with van der Waals surface area (Å²) in [5.41, 5.74) is 4.39. The normalized spacial score (nSPS) is 17.0. The Morgan fingerprint density at radius 3 is 2.14 bits per heavy atom. The van der Waals surface area contributed by atoms with Crippen molar-refractivity contribution in [2.45, 2.75) is 19.9 Å². The van der Waals surface area contributed by atoms with Gasteiger partial charge in [-0.25, -0.2) is 0 Å². The molecule has 0 radical (unpaired) electrons. The molecule has 1 saturated heterocycles. The molecule has 0 bridgehead atoms. The van der Waals surface area contributed by atoms with Gasteiger partial charge in [-0.3, -0.25) is 14.5 Å². The van der Waals surface area contributed by atoms with Gasteiger partial charge in [0.2, 0.25) is 5.91 Å². The van der Waals surface area contributed by atoms with Gasteiger partial charge in [-0.05, 0) is 66.9 Å². The van der Waals surface area contributed by atoms with Crippen molar-refractivity contribution in [2.75, 3.05) is 16.3 Å². The van der Waals surface area contributed by atoms with E-state index >= 15 is 0 Å². The summed E-state index contributed by atoms with van der Waals surface area (Å²) in [6.45, 7) is 4.02. The monoisotopic (exact) mass is 404 g/mol. The maximum Gasteiger partial charge on any atom is 0.255 e. The molecule has 0 spiro atoms. The van der Waals surface area contributed by atoms with Crippen molar-refractivity contribution in [1.29, 1.82) is 0 Å². The Bertz CT molecular complexity index is 1060. The first-order valence-electron chi connectivity index (χ1n) is 9.47. The average Bonchev–Trinajstić information content (AvgIpc) is 2.73. The fraction of sp³-hybridized carbons (Fsp3) is 0.167. The third-order valence-corrected chi connectivity index (χ3v) is 5.59. The van der Waals surface area contributed by atoms with Crippen LogP contribution in [0.5, 0.6) is 0 Å². The highest BCUT2D eigenvalue weighted by Crippen LogP contribution is 2.35. The molecule has 0 aromatic heterocycles. The van der Waals surface area contributed by atoms with Gasteiger partial charge in [-0.2, -0.15) is 0 Å². The van der Waals surface area contributed by atoms with Crippen molar-refractivity contribution in [2.24, 2.45) is 0 Å². The van der Waals surface area contributed by atoms with Crippen LogP contribution in [-0.4, -0.2) is 18.4 Å². The van der Waals surface area contributed by atoms with Crippen molar-refractivity contribution in [1.82, 2.24) is 0 Å². The SMILES string of the molecule is Cc1ccc(N2CC(=O)N(c3ccc(Cl)cc3)C(c3ccccc3)C2=O)cc1C. The van der Waals surface area contributed by atoms with Crippen LogP contribution in [0.2, 0.25) is 5.02 Å². The molecule has 1 aliphatic heterocycles. The fourth-order valence-corrected chi connectivity index (χ4v) is 3.75. The smallest absolute Gasteiger partial charge is 0.255 e. The number of amides is 2. The van der Waals surface area contributed by atoms with E-state index in [0.29, 0.717) is 10.7 Å². The van der Waals surface area contributed by atoms with Crippen LogP contribution < -0.4 is 9.80 Å². The number of nitrogens with zero attached hydrogens (tertiary/aromatic N) is 2. The number of carbonyl (C=O) groups is 2. The summed E-state index contributed by atoms with van der Waals surface area (Å²) in [7, 11) is 0. The average molecular weight is 405 g/mol. The number of carbonyl (C=O) groups excluding carboxylic acids is 2. The van der Waals surface area contributed by atoms with Crippen LogP contribution in [0.3, 0.4) is 0 Å². The van der Waals surface area contributed by atoms with Crippen LogP contribution in [0.1, 0.15) is 22.7 Å². The first kappa shape index (κ1) is 19.2. The van der Waals surface area contributed by atoms with E-state index < -0.39 is 6.04 Å². The van der Waals surface area contributed by atoms with E-state index in [4.69, 9.17) is 11.6 Å². The molecule has 3 aromatic carbocycles. The Kier molecular flexibility index (Phi) is 5.12. The molecule has 0 saturated carbocycles. The third-order valence-electron chi connectivity index (χ3n) is 5.34. The first-order chi connectivity index (χ1) is 14.0. The van der Waals surface area contributed by atoms with Gasteiger partial charge < -0.3 is 4.90 Å². The summed E-state index contributed by atoms with van der Waals surface area (Å²) >= 11 is 6.02. The Balaban J connectivity index is 1.80. The molecule has 1 fully saturated rings.